The lowest BCUT2D eigenvalue weighted by atomic mass is 10.2. The summed E-state index contributed by atoms with van der Waals surface area (Å²) in [6.45, 7) is 9.79. The first-order valence-electron chi connectivity index (χ1n) is 9.32. The van der Waals surface area contributed by atoms with Gasteiger partial charge < -0.3 is 10.6 Å². The lowest BCUT2D eigenvalue weighted by Gasteiger charge is -2.12. The Hall–Kier alpha value is -2.39. The molecule has 9 heteroatoms. The summed E-state index contributed by atoms with van der Waals surface area (Å²) in [5.41, 5.74) is 4.17. The van der Waals surface area contributed by atoms with Crippen molar-refractivity contribution in [2.45, 2.75) is 39.1 Å². The summed E-state index contributed by atoms with van der Waals surface area (Å²) in [7, 11) is -1.60. The first-order valence-corrected chi connectivity index (χ1v) is 10.8. The normalized spacial score (nSPS) is 12.2. The third kappa shape index (κ3) is 5.80. The highest BCUT2D eigenvalue weighted by Crippen LogP contribution is 2.12. The topological polar surface area (TPSA) is 100 Å². The van der Waals surface area contributed by atoms with Crippen molar-refractivity contribution in [3.8, 4) is 0 Å². The molecule has 2 rings (SSSR count). The molecule has 8 nitrogen and oxygen atoms in total. The number of aromatic nitrogens is 2. The Labute approximate surface area is 167 Å². The molecule has 0 fully saturated rings. The zero-order valence-corrected chi connectivity index (χ0v) is 18.0. The lowest BCUT2D eigenvalue weighted by Crippen LogP contribution is -2.41. The van der Waals surface area contributed by atoms with Crippen LogP contribution in [-0.2, 0) is 23.6 Å². The summed E-state index contributed by atoms with van der Waals surface area (Å²) in [6, 6.07) is 6.78. The fourth-order valence-corrected chi connectivity index (χ4v) is 3.75. The van der Waals surface area contributed by atoms with Crippen LogP contribution in [0.3, 0.4) is 0 Å². The van der Waals surface area contributed by atoms with E-state index >= 15 is 0 Å². The summed E-state index contributed by atoms with van der Waals surface area (Å²) in [5.74, 6) is 0.639. The van der Waals surface area contributed by atoms with E-state index in [1.54, 1.807) is 24.3 Å². The Kier molecular flexibility index (Phi) is 7.59. The highest BCUT2D eigenvalue weighted by atomic mass is 32.2. The molecule has 0 saturated heterocycles. The number of guanidine groups is 1. The number of hydrogen-bond acceptors (Lipinski definition) is 4. The van der Waals surface area contributed by atoms with E-state index in [1.807, 2.05) is 39.4 Å². The van der Waals surface area contributed by atoms with Crippen LogP contribution in [0.2, 0.25) is 0 Å². The van der Waals surface area contributed by atoms with Gasteiger partial charge in [-0.3, -0.25) is 4.68 Å². The molecular formula is C19H30N6O2S. The van der Waals surface area contributed by atoms with Gasteiger partial charge in [0.05, 0.1) is 17.1 Å². The molecule has 1 aromatic carbocycles. The number of nitrogens with zero attached hydrogens (tertiary/aromatic N) is 3. The monoisotopic (exact) mass is 406 g/mol. The van der Waals surface area contributed by atoms with Gasteiger partial charge in [0.2, 0.25) is 10.0 Å². The molecular weight excluding hydrogens is 376 g/mol. The number of benzene rings is 1. The van der Waals surface area contributed by atoms with Gasteiger partial charge in [-0.15, -0.1) is 0 Å². The molecule has 1 heterocycles. The average molecular weight is 407 g/mol. The standard InChI is InChI=1S/C19H30N6O2S/c1-6-20-19(22-13-18-15(3)24-25(5)16(18)4)21-11-12-23-28(26,27)17-9-7-14(2)8-10-17/h7-10,23H,6,11-13H2,1-5H3,(H2,20,21,22). The number of aliphatic imine (C=N–C) groups is 1. The summed E-state index contributed by atoms with van der Waals surface area (Å²) >= 11 is 0. The highest BCUT2D eigenvalue weighted by molar-refractivity contribution is 7.89. The zero-order chi connectivity index (χ0) is 20.7. The van der Waals surface area contributed by atoms with Crippen molar-refractivity contribution in [3.63, 3.8) is 0 Å². The maximum absolute atomic E-state index is 12.3. The van der Waals surface area contributed by atoms with Gasteiger partial charge in [0.1, 0.15) is 0 Å². The molecule has 0 radical (unpaired) electrons. The Morgan fingerprint density at radius 1 is 1.11 bits per heavy atom. The van der Waals surface area contributed by atoms with Crippen molar-refractivity contribution in [1.82, 2.24) is 25.1 Å². The van der Waals surface area contributed by atoms with Crippen molar-refractivity contribution >= 4 is 16.0 Å². The molecule has 0 aliphatic carbocycles. The Bertz CT molecular complexity index is 917. The van der Waals surface area contributed by atoms with Crippen LogP contribution in [0.25, 0.3) is 0 Å². The van der Waals surface area contributed by atoms with Gasteiger partial charge in [0.25, 0.3) is 0 Å². The molecule has 0 bridgehead atoms. The fourth-order valence-electron chi connectivity index (χ4n) is 2.71. The number of aryl methyl sites for hydroxylation is 3. The molecule has 1 aromatic heterocycles. The van der Waals surface area contributed by atoms with Gasteiger partial charge >= 0.3 is 0 Å². The van der Waals surface area contributed by atoms with E-state index in [2.05, 4.69) is 25.4 Å². The molecule has 0 atom stereocenters. The molecule has 3 N–H and O–H groups in total. The van der Waals surface area contributed by atoms with E-state index in [0.717, 1.165) is 22.5 Å². The molecule has 0 aliphatic rings. The van der Waals surface area contributed by atoms with Gasteiger partial charge in [-0.2, -0.15) is 5.10 Å². The second-order valence-corrected chi connectivity index (χ2v) is 8.37. The third-order valence-electron chi connectivity index (χ3n) is 4.44. The second-order valence-electron chi connectivity index (χ2n) is 6.61. The molecule has 2 aromatic rings. The predicted molar refractivity (Wildman–Crippen MR) is 112 cm³/mol. The molecule has 0 aliphatic heterocycles. The first kappa shape index (κ1) is 21.9. The van der Waals surface area contributed by atoms with Crippen LogP contribution in [0.4, 0.5) is 0 Å². The highest BCUT2D eigenvalue weighted by Gasteiger charge is 2.13. The second kappa shape index (κ2) is 9.70. The summed E-state index contributed by atoms with van der Waals surface area (Å²) < 4.78 is 29.1. The van der Waals surface area contributed by atoms with Gasteiger partial charge in [-0.25, -0.2) is 18.1 Å². The van der Waals surface area contributed by atoms with Crippen LogP contribution < -0.4 is 15.4 Å². The van der Waals surface area contributed by atoms with Crippen LogP contribution in [0.15, 0.2) is 34.2 Å². The summed E-state index contributed by atoms with van der Waals surface area (Å²) in [4.78, 5) is 4.85. The van der Waals surface area contributed by atoms with E-state index in [-0.39, 0.29) is 11.4 Å². The van der Waals surface area contributed by atoms with Crippen molar-refractivity contribution in [3.05, 3.63) is 46.8 Å². The molecule has 28 heavy (non-hydrogen) atoms. The quantitative estimate of drug-likeness (QED) is 0.349. The maximum atomic E-state index is 12.3. The van der Waals surface area contributed by atoms with E-state index in [9.17, 15) is 8.42 Å². The molecule has 0 amide bonds. The molecule has 0 unspecified atom stereocenters. The van der Waals surface area contributed by atoms with Crippen LogP contribution in [0.5, 0.6) is 0 Å². The maximum Gasteiger partial charge on any atom is 0.240 e. The van der Waals surface area contributed by atoms with Gasteiger partial charge in [0, 0.05) is 37.9 Å². The Morgan fingerprint density at radius 3 is 2.36 bits per heavy atom. The van der Waals surface area contributed by atoms with Crippen LogP contribution in [0.1, 0.15) is 29.4 Å². The number of nitrogens with one attached hydrogen (secondary N) is 3. The molecule has 154 valence electrons. The number of sulfonamides is 1. The predicted octanol–water partition coefficient (Wildman–Crippen LogP) is 1.38. The van der Waals surface area contributed by atoms with Gasteiger partial charge in [-0.05, 0) is 39.8 Å². The van der Waals surface area contributed by atoms with Crippen LogP contribution in [-0.4, -0.2) is 43.8 Å². The summed E-state index contributed by atoms with van der Waals surface area (Å²) in [6.07, 6.45) is 0. The van der Waals surface area contributed by atoms with E-state index in [1.165, 1.54) is 0 Å². The number of hydrogen-bond donors (Lipinski definition) is 3. The van der Waals surface area contributed by atoms with E-state index < -0.39 is 10.0 Å². The van der Waals surface area contributed by atoms with E-state index in [4.69, 9.17) is 0 Å². The first-order chi connectivity index (χ1) is 13.2. The minimum absolute atomic E-state index is 0.256. The Morgan fingerprint density at radius 2 is 1.79 bits per heavy atom. The van der Waals surface area contributed by atoms with Gasteiger partial charge in [0.15, 0.2) is 5.96 Å². The van der Waals surface area contributed by atoms with Crippen molar-refractivity contribution < 1.29 is 8.42 Å². The Balaban J connectivity index is 1.91. The minimum Gasteiger partial charge on any atom is -0.357 e. The van der Waals surface area contributed by atoms with Crippen molar-refractivity contribution in [2.24, 2.45) is 12.0 Å². The minimum atomic E-state index is -3.51. The van der Waals surface area contributed by atoms with Crippen molar-refractivity contribution in [1.29, 1.82) is 0 Å². The number of rotatable bonds is 8. The SMILES string of the molecule is CCNC(=NCc1c(C)nn(C)c1C)NCCNS(=O)(=O)c1ccc(C)cc1. The smallest absolute Gasteiger partial charge is 0.240 e. The molecule has 0 saturated carbocycles. The summed E-state index contributed by atoms with van der Waals surface area (Å²) in [5, 5.41) is 10.7. The average Bonchev–Trinajstić information content (AvgIpc) is 2.89. The zero-order valence-electron chi connectivity index (χ0n) is 17.2. The largest absolute Gasteiger partial charge is 0.357 e. The third-order valence-corrected chi connectivity index (χ3v) is 5.92. The van der Waals surface area contributed by atoms with Gasteiger partial charge in [-0.1, -0.05) is 17.7 Å². The van der Waals surface area contributed by atoms with Crippen LogP contribution >= 0.6 is 0 Å². The van der Waals surface area contributed by atoms with Crippen molar-refractivity contribution in [2.75, 3.05) is 19.6 Å². The fraction of sp³-hybridized carbons (Fsp3) is 0.474. The molecule has 0 spiro atoms. The lowest BCUT2D eigenvalue weighted by molar-refractivity contribution is 0.580. The van der Waals surface area contributed by atoms with Crippen LogP contribution in [0, 0.1) is 20.8 Å². The van der Waals surface area contributed by atoms with E-state index in [0.29, 0.717) is 25.6 Å².